The molecule has 0 saturated carbocycles. The average Bonchev–Trinajstić information content (AvgIpc) is 2.42. The summed E-state index contributed by atoms with van der Waals surface area (Å²) in [4.78, 5) is 2.61. The van der Waals surface area contributed by atoms with Crippen LogP contribution < -0.4 is 5.32 Å². The van der Waals surface area contributed by atoms with Gasteiger partial charge < -0.3 is 14.8 Å². The van der Waals surface area contributed by atoms with Gasteiger partial charge in [0.2, 0.25) is 0 Å². The SMILES string of the molecule is CCCC1CNC(C)(CC)CN1CCOCCOC. The molecule has 4 heteroatoms. The zero-order valence-electron chi connectivity index (χ0n) is 13.2. The summed E-state index contributed by atoms with van der Waals surface area (Å²) in [5.41, 5.74) is 0.261. The van der Waals surface area contributed by atoms with E-state index in [0.29, 0.717) is 19.3 Å². The molecule has 1 rings (SSSR count). The maximum atomic E-state index is 5.62. The summed E-state index contributed by atoms with van der Waals surface area (Å²) >= 11 is 0. The molecule has 0 radical (unpaired) electrons. The van der Waals surface area contributed by atoms with Crippen molar-refractivity contribution in [2.24, 2.45) is 0 Å². The predicted molar refractivity (Wildman–Crippen MR) is 79.7 cm³/mol. The molecular weight excluding hydrogens is 240 g/mol. The molecule has 2 atom stereocenters. The number of rotatable bonds is 9. The monoisotopic (exact) mass is 272 g/mol. The van der Waals surface area contributed by atoms with Crippen LogP contribution in [0.5, 0.6) is 0 Å². The van der Waals surface area contributed by atoms with Gasteiger partial charge in [-0.3, -0.25) is 4.90 Å². The molecule has 4 nitrogen and oxygen atoms in total. The van der Waals surface area contributed by atoms with E-state index >= 15 is 0 Å². The Labute approximate surface area is 118 Å². The van der Waals surface area contributed by atoms with Gasteiger partial charge in [0, 0.05) is 38.3 Å². The van der Waals surface area contributed by atoms with Gasteiger partial charge in [0.25, 0.3) is 0 Å². The Kier molecular flexibility index (Phi) is 7.91. The first-order valence-corrected chi connectivity index (χ1v) is 7.71. The minimum absolute atomic E-state index is 0.261. The van der Waals surface area contributed by atoms with Crippen LogP contribution in [-0.2, 0) is 9.47 Å². The van der Waals surface area contributed by atoms with E-state index in [-0.39, 0.29) is 5.54 Å². The zero-order valence-corrected chi connectivity index (χ0v) is 13.2. The van der Waals surface area contributed by atoms with Crippen LogP contribution in [0.4, 0.5) is 0 Å². The quantitative estimate of drug-likeness (QED) is 0.650. The lowest BCUT2D eigenvalue weighted by atomic mass is 9.92. The highest BCUT2D eigenvalue weighted by molar-refractivity contribution is 4.94. The smallest absolute Gasteiger partial charge is 0.0700 e. The lowest BCUT2D eigenvalue weighted by molar-refractivity contribution is 0.0249. The molecule has 2 unspecified atom stereocenters. The maximum absolute atomic E-state index is 5.62. The van der Waals surface area contributed by atoms with E-state index in [1.165, 1.54) is 19.3 Å². The molecule has 1 aliphatic rings. The van der Waals surface area contributed by atoms with Gasteiger partial charge in [0.15, 0.2) is 0 Å². The molecule has 0 aliphatic carbocycles. The number of methoxy groups -OCH3 is 1. The molecule has 0 aromatic heterocycles. The molecule has 1 saturated heterocycles. The molecule has 1 aliphatic heterocycles. The minimum Gasteiger partial charge on any atom is -0.382 e. The van der Waals surface area contributed by atoms with Crippen LogP contribution in [0.2, 0.25) is 0 Å². The molecule has 0 amide bonds. The van der Waals surface area contributed by atoms with Crippen LogP contribution in [0.25, 0.3) is 0 Å². The highest BCUT2D eigenvalue weighted by atomic mass is 16.5. The molecule has 114 valence electrons. The molecule has 0 aromatic carbocycles. The van der Waals surface area contributed by atoms with Crippen LogP contribution in [0.3, 0.4) is 0 Å². The summed E-state index contributed by atoms with van der Waals surface area (Å²) in [5.74, 6) is 0. The number of nitrogens with zero attached hydrogens (tertiary/aromatic N) is 1. The first kappa shape index (κ1) is 16.9. The fraction of sp³-hybridized carbons (Fsp3) is 1.00. The molecule has 0 bridgehead atoms. The van der Waals surface area contributed by atoms with Crippen molar-refractivity contribution < 1.29 is 9.47 Å². The first-order chi connectivity index (χ1) is 9.15. The highest BCUT2D eigenvalue weighted by Crippen LogP contribution is 2.20. The van der Waals surface area contributed by atoms with Crippen LogP contribution in [0, 0.1) is 0 Å². The van der Waals surface area contributed by atoms with Gasteiger partial charge in [-0.05, 0) is 19.8 Å². The Morgan fingerprint density at radius 2 is 2.05 bits per heavy atom. The highest BCUT2D eigenvalue weighted by Gasteiger charge is 2.33. The summed E-state index contributed by atoms with van der Waals surface area (Å²) in [7, 11) is 1.71. The second kappa shape index (κ2) is 8.90. The zero-order chi connectivity index (χ0) is 14.1. The van der Waals surface area contributed by atoms with Gasteiger partial charge in [0.05, 0.1) is 19.8 Å². The van der Waals surface area contributed by atoms with E-state index < -0.39 is 0 Å². The van der Waals surface area contributed by atoms with Crippen molar-refractivity contribution in [3.63, 3.8) is 0 Å². The summed E-state index contributed by atoms with van der Waals surface area (Å²) in [6.07, 6.45) is 3.69. The number of hydrogen-bond acceptors (Lipinski definition) is 4. The molecule has 0 spiro atoms. The summed E-state index contributed by atoms with van der Waals surface area (Å²) < 4.78 is 10.6. The summed E-state index contributed by atoms with van der Waals surface area (Å²) in [6.45, 7) is 12.3. The molecule has 1 N–H and O–H groups in total. The van der Waals surface area contributed by atoms with Crippen molar-refractivity contribution >= 4 is 0 Å². The van der Waals surface area contributed by atoms with Crippen molar-refractivity contribution in [1.82, 2.24) is 10.2 Å². The Balaban J connectivity index is 2.38. The second-order valence-electron chi connectivity index (χ2n) is 5.81. The normalized spacial score (nSPS) is 28.7. The van der Waals surface area contributed by atoms with E-state index in [0.717, 1.165) is 26.2 Å². The number of ether oxygens (including phenoxy) is 2. The average molecular weight is 272 g/mol. The third kappa shape index (κ3) is 5.78. The first-order valence-electron chi connectivity index (χ1n) is 7.71. The van der Waals surface area contributed by atoms with Gasteiger partial charge >= 0.3 is 0 Å². The third-order valence-electron chi connectivity index (χ3n) is 4.19. The van der Waals surface area contributed by atoms with Gasteiger partial charge in [-0.1, -0.05) is 20.3 Å². The lowest BCUT2D eigenvalue weighted by Gasteiger charge is -2.46. The van der Waals surface area contributed by atoms with Gasteiger partial charge in [-0.15, -0.1) is 0 Å². The van der Waals surface area contributed by atoms with Crippen molar-refractivity contribution in [3.05, 3.63) is 0 Å². The topological polar surface area (TPSA) is 33.7 Å². The maximum Gasteiger partial charge on any atom is 0.0700 e. The molecule has 19 heavy (non-hydrogen) atoms. The van der Waals surface area contributed by atoms with Crippen LogP contribution >= 0.6 is 0 Å². The molecule has 1 fully saturated rings. The third-order valence-corrected chi connectivity index (χ3v) is 4.19. The van der Waals surface area contributed by atoms with E-state index in [9.17, 15) is 0 Å². The predicted octanol–water partition coefficient (Wildman–Crippen LogP) is 1.89. The van der Waals surface area contributed by atoms with Gasteiger partial charge in [-0.2, -0.15) is 0 Å². The van der Waals surface area contributed by atoms with E-state index in [2.05, 4.69) is 31.0 Å². The lowest BCUT2D eigenvalue weighted by Crippen LogP contribution is -2.63. The van der Waals surface area contributed by atoms with Crippen LogP contribution in [-0.4, -0.2) is 63.0 Å². The Morgan fingerprint density at radius 1 is 1.26 bits per heavy atom. The van der Waals surface area contributed by atoms with Crippen molar-refractivity contribution in [2.45, 2.75) is 51.6 Å². The van der Waals surface area contributed by atoms with Crippen molar-refractivity contribution in [1.29, 1.82) is 0 Å². The molecule has 0 aromatic rings. The van der Waals surface area contributed by atoms with Crippen LogP contribution in [0.1, 0.15) is 40.0 Å². The molecule has 1 heterocycles. The minimum atomic E-state index is 0.261. The van der Waals surface area contributed by atoms with Crippen LogP contribution in [0.15, 0.2) is 0 Å². The van der Waals surface area contributed by atoms with Gasteiger partial charge in [0.1, 0.15) is 0 Å². The van der Waals surface area contributed by atoms with E-state index in [4.69, 9.17) is 9.47 Å². The Morgan fingerprint density at radius 3 is 2.68 bits per heavy atom. The Hall–Kier alpha value is -0.160. The number of piperazine rings is 1. The van der Waals surface area contributed by atoms with E-state index in [1.807, 2.05) is 0 Å². The largest absolute Gasteiger partial charge is 0.382 e. The number of hydrogen-bond donors (Lipinski definition) is 1. The fourth-order valence-electron chi connectivity index (χ4n) is 2.67. The molecular formula is C15H32N2O2. The summed E-state index contributed by atoms with van der Waals surface area (Å²) in [5, 5.41) is 3.72. The van der Waals surface area contributed by atoms with Crippen molar-refractivity contribution in [2.75, 3.05) is 46.6 Å². The standard InChI is InChI=1S/C15H32N2O2/c1-5-7-14-12-16-15(3,6-2)13-17(14)8-9-19-11-10-18-4/h14,16H,5-13H2,1-4H3. The van der Waals surface area contributed by atoms with E-state index in [1.54, 1.807) is 7.11 Å². The fourth-order valence-corrected chi connectivity index (χ4v) is 2.67. The number of nitrogens with one attached hydrogen (secondary N) is 1. The Bertz CT molecular complexity index is 238. The summed E-state index contributed by atoms with van der Waals surface area (Å²) in [6, 6.07) is 0.663. The second-order valence-corrected chi connectivity index (χ2v) is 5.81. The van der Waals surface area contributed by atoms with Gasteiger partial charge in [-0.25, -0.2) is 0 Å². The van der Waals surface area contributed by atoms with Crippen molar-refractivity contribution in [3.8, 4) is 0 Å².